The van der Waals surface area contributed by atoms with Crippen molar-refractivity contribution in [2.24, 2.45) is 5.41 Å². The number of methoxy groups -OCH3 is 2. The van der Waals surface area contributed by atoms with Crippen molar-refractivity contribution in [1.29, 1.82) is 0 Å². The Kier molecular flexibility index (Phi) is 6.10. The van der Waals surface area contributed by atoms with Crippen LogP contribution in [0.3, 0.4) is 0 Å². The van der Waals surface area contributed by atoms with Gasteiger partial charge in [-0.15, -0.1) is 0 Å². The van der Waals surface area contributed by atoms with Gasteiger partial charge in [-0.1, -0.05) is 48.5 Å². The second-order valence-corrected chi connectivity index (χ2v) is 8.59. The predicted octanol–water partition coefficient (Wildman–Crippen LogP) is 3.78. The lowest BCUT2D eigenvalue weighted by Crippen LogP contribution is -2.56. The normalized spacial score (nSPS) is 19.1. The van der Waals surface area contributed by atoms with E-state index in [1.54, 1.807) is 60.7 Å². The van der Waals surface area contributed by atoms with Gasteiger partial charge < -0.3 is 23.7 Å². The Labute approximate surface area is 207 Å². The van der Waals surface area contributed by atoms with E-state index < -0.39 is 35.2 Å². The molecule has 0 aromatic heterocycles. The summed E-state index contributed by atoms with van der Waals surface area (Å²) in [6, 6.07) is 20.9. The summed E-state index contributed by atoms with van der Waals surface area (Å²) in [5.41, 5.74) is -0.149. The summed E-state index contributed by atoms with van der Waals surface area (Å²) in [5.74, 6) is -3.38. The first kappa shape index (κ1) is 23.4. The van der Waals surface area contributed by atoms with Crippen molar-refractivity contribution in [3.63, 3.8) is 0 Å². The van der Waals surface area contributed by atoms with Crippen LogP contribution >= 0.6 is 0 Å². The number of hydrogen-bond donors (Lipinski definition) is 0. The quantitative estimate of drug-likeness (QED) is 0.304. The number of esters is 3. The molecule has 1 aliphatic carbocycles. The molecule has 5 rings (SSSR count). The van der Waals surface area contributed by atoms with Gasteiger partial charge in [-0.2, -0.15) is 0 Å². The van der Waals surface area contributed by atoms with Gasteiger partial charge in [-0.05, 0) is 47.4 Å². The minimum atomic E-state index is -2.06. The molecular weight excluding hydrogens is 464 g/mol. The number of carbonyl (C=O) groups excluding carboxylic acids is 3. The Balaban J connectivity index is 1.74. The first-order valence-corrected chi connectivity index (χ1v) is 11.4. The maximum atomic E-state index is 13.9. The van der Waals surface area contributed by atoms with Gasteiger partial charge in [-0.3, -0.25) is 14.4 Å². The molecule has 2 atom stereocenters. The van der Waals surface area contributed by atoms with Crippen LogP contribution < -0.4 is 14.2 Å². The van der Waals surface area contributed by atoms with Crippen LogP contribution in [0, 0.1) is 5.41 Å². The fraction of sp³-hybridized carbons (Fsp3) is 0.250. The van der Waals surface area contributed by atoms with E-state index in [1.165, 1.54) is 14.2 Å². The molecule has 8 heteroatoms. The predicted molar refractivity (Wildman–Crippen MR) is 127 cm³/mol. The topological polar surface area (TPSA) is 97.4 Å². The third kappa shape index (κ3) is 3.66. The van der Waals surface area contributed by atoms with Gasteiger partial charge in [0.05, 0.1) is 14.2 Å². The number of fused-ring (bicyclic) bond motifs is 2. The van der Waals surface area contributed by atoms with E-state index in [0.717, 1.165) is 5.56 Å². The molecule has 0 N–H and O–H groups in total. The molecule has 36 heavy (non-hydrogen) atoms. The van der Waals surface area contributed by atoms with Gasteiger partial charge in [0, 0.05) is 5.92 Å². The Morgan fingerprint density at radius 2 is 1.50 bits per heavy atom. The van der Waals surface area contributed by atoms with Gasteiger partial charge in [0.15, 0.2) is 16.9 Å². The lowest BCUT2D eigenvalue weighted by Gasteiger charge is -2.44. The summed E-state index contributed by atoms with van der Waals surface area (Å²) in [4.78, 5) is 41.3. The molecule has 1 heterocycles. The zero-order chi connectivity index (χ0) is 25.3. The highest BCUT2D eigenvalue weighted by Gasteiger charge is 2.65. The number of ether oxygens (including phenoxy) is 5. The summed E-state index contributed by atoms with van der Waals surface area (Å²) in [5, 5.41) is 0. The largest absolute Gasteiger partial charge is 0.468 e. The third-order valence-corrected chi connectivity index (χ3v) is 6.84. The average Bonchev–Trinajstić information content (AvgIpc) is 3.39. The fourth-order valence-electron chi connectivity index (χ4n) is 5.26. The molecule has 3 aromatic carbocycles. The van der Waals surface area contributed by atoms with E-state index >= 15 is 0 Å². The van der Waals surface area contributed by atoms with Crippen LogP contribution in [0.15, 0.2) is 72.8 Å². The van der Waals surface area contributed by atoms with Gasteiger partial charge in [0.2, 0.25) is 6.79 Å². The first-order chi connectivity index (χ1) is 17.5. The molecule has 0 amide bonds. The molecule has 0 radical (unpaired) electrons. The zero-order valence-electron chi connectivity index (χ0n) is 19.8. The summed E-state index contributed by atoms with van der Waals surface area (Å²) in [7, 11) is 2.37. The summed E-state index contributed by atoms with van der Waals surface area (Å²) < 4.78 is 27.1. The van der Waals surface area contributed by atoms with Crippen molar-refractivity contribution in [1.82, 2.24) is 0 Å². The summed E-state index contributed by atoms with van der Waals surface area (Å²) in [6.45, 7) is 0.0669. The molecule has 2 aliphatic rings. The average molecular weight is 488 g/mol. The highest BCUT2D eigenvalue weighted by molar-refractivity contribution is 6.08. The molecule has 0 fully saturated rings. The number of hydrogen-bond acceptors (Lipinski definition) is 8. The summed E-state index contributed by atoms with van der Waals surface area (Å²) in [6.07, 6.45) is 0.273. The maximum absolute atomic E-state index is 13.9. The molecule has 8 nitrogen and oxygen atoms in total. The highest BCUT2D eigenvalue weighted by atomic mass is 16.7. The number of benzene rings is 3. The fourth-order valence-corrected chi connectivity index (χ4v) is 5.26. The zero-order valence-corrected chi connectivity index (χ0v) is 19.8. The first-order valence-electron chi connectivity index (χ1n) is 11.4. The number of carbonyl (C=O) groups is 3. The van der Waals surface area contributed by atoms with Crippen molar-refractivity contribution >= 4 is 17.9 Å². The lowest BCUT2D eigenvalue weighted by atomic mass is 9.56. The van der Waals surface area contributed by atoms with E-state index in [1.807, 2.05) is 12.1 Å². The standard InChI is InChI=1S/C28H24O8/c1-32-26(30)28(27(31)33-2)21(18-12-13-22-23(15-18)35-16-34-22)14-17-8-6-7-11-20(17)24(28)25(29)36-19-9-4-3-5-10-19/h3-13,15,21,24H,14,16H2,1-2H3/t21-,24-/m1/s1. The van der Waals surface area contributed by atoms with Crippen LogP contribution in [0.25, 0.3) is 0 Å². The maximum Gasteiger partial charge on any atom is 0.325 e. The van der Waals surface area contributed by atoms with Crippen LogP contribution in [-0.4, -0.2) is 38.9 Å². The van der Waals surface area contributed by atoms with E-state index in [9.17, 15) is 14.4 Å². The molecule has 0 unspecified atom stereocenters. The number of para-hydroxylation sites is 1. The Hall–Kier alpha value is -4.33. The van der Waals surface area contributed by atoms with Gasteiger partial charge >= 0.3 is 17.9 Å². The van der Waals surface area contributed by atoms with E-state index in [4.69, 9.17) is 23.7 Å². The van der Waals surface area contributed by atoms with Crippen molar-refractivity contribution in [3.8, 4) is 17.2 Å². The van der Waals surface area contributed by atoms with Gasteiger partial charge in [0.1, 0.15) is 11.7 Å². The minimum Gasteiger partial charge on any atom is -0.468 e. The molecule has 0 spiro atoms. The second kappa shape index (κ2) is 9.37. The van der Waals surface area contributed by atoms with Crippen LogP contribution in [0.2, 0.25) is 0 Å². The van der Waals surface area contributed by atoms with Crippen molar-refractivity contribution < 1.29 is 38.1 Å². The Morgan fingerprint density at radius 1 is 0.833 bits per heavy atom. The smallest absolute Gasteiger partial charge is 0.325 e. The van der Waals surface area contributed by atoms with Crippen molar-refractivity contribution in [3.05, 3.63) is 89.5 Å². The van der Waals surface area contributed by atoms with Crippen molar-refractivity contribution in [2.45, 2.75) is 18.3 Å². The molecule has 0 saturated carbocycles. The molecule has 1 aliphatic heterocycles. The van der Waals surface area contributed by atoms with Crippen LogP contribution in [0.1, 0.15) is 28.5 Å². The molecule has 0 bridgehead atoms. The van der Waals surface area contributed by atoms with E-state index in [-0.39, 0.29) is 19.0 Å². The third-order valence-electron chi connectivity index (χ3n) is 6.84. The molecule has 184 valence electrons. The van der Waals surface area contributed by atoms with Gasteiger partial charge in [0.25, 0.3) is 0 Å². The summed E-state index contributed by atoms with van der Waals surface area (Å²) >= 11 is 0. The van der Waals surface area contributed by atoms with Crippen LogP contribution in [0.4, 0.5) is 0 Å². The van der Waals surface area contributed by atoms with Crippen molar-refractivity contribution in [2.75, 3.05) is 21.0 Å². The monoisotopic (exact) mass is 488 g/mol. The molecular formula is C28H24O8. The van der Waals surface area contributed by atoms with Gasteiger partial charge in [-0.25, -0.2) is 0 Å². The van der Waals surface area contributed by atoms with Crippen LogP contribution in [0.5, 0.6) is 17.2 Å². The minimum absolute atomic E-state index is 0.0669. The molecule has 3 aromatic rings. The Bertz CT molecular complexity index is 1300. The molecule has 0 saturated heterocycles. The van der Waals surface area contributed by atoms with Crippen LogP contribution in [-0.2, 0) is 30.3 Å². The Morgan fingerprint density at radius 3 is 2.22 bits per heavy atom. The lowest BCUT2D eigenvalue weighted by molar-refractivity contribution is -0.178. The highest BCUT2D eigenvalue weighted by Crippen LogP contribution is 2.56. The SMILES string of the molecule is COC(=O)C1(C(=O)OC)[C@@H](c2ccc3c(c2)OCO3)Cc2ccccc2[C@@H]1C(=O)Oc1ccccc1. The second-order valence-electron chi connectivity index (χ2n) is 8.59. The number of rotatable bonds is 5. The van der Waals surface area contributed by atoms with E-state index in [0.29, 0.717) is 22.6 Å². The van der Waals surface area contributed by atoms with E-state index in [2.05, 4.69) is 0 Å².